The number of ether oxygens (including phenoxy) is 2. The van der Waals surface area contributed by atoms with Crippen molar-refractivity contribution in [3.63, 3.8) is 0 Å². The Kier molecular flexibility index (Phi) is 4.84. The third-order valence-electron chi connectivity index (χ3n) is 3.90. The molecule has 0 unspecified atom stereocenters. The van der Waals surface area contributed by atoms with Crippen LogP contribution >= 0.6 is 0 Å². The maximum atomic E-state index is 12.4. The van der Waals surface area contributed by atoms with Gasteiger partial charge in [0.1, 0.15) is 5.82 Å². The van der Waals surface area contributed by atoms with E-state index in [0.717, 1.165) is 23.5 Å². The Bertz CT molecular complexity index is 733. The molecule has 24 heavy (non-hydrogen) atoms. The molecule has 1 atom stereocenters. The lowest BCUT2D eigenvalue weighted by atomic mass is 10.1. The summed E-state index contributed by atoms with van der Waals surface area (Å²) in [6, 6.07) is 9.03. The maximum Gasteiger partial charge on any atom is 0.251 e. The molecule has 1 aromatic carbocycles. The van der Waals surface area contributed by atoms with Crippen LogP contribution in [0.15, 0.2) is 36.5 Å². The fourth-order valence-electron chi connectivity index (χ4n) is 2.52. The Morgan fingerprint density at radius 3 is 2.75 bits per heavy atom. The molecule has 0 fully saturated rings. The predicted molar refractivity (Wildman–Crippen MR) is 91.7 cm³/mol. The summed E-state index contributed by atoms with van der Waals surface area (Å²) < 4.78 is 11.3. The van der Waals surface area contributed by atoms with Crippen molar-refractivity contribution in [3.05, 3.63) is 47.7 Å². The Morgan fingerprint density at radius 2 is 1.96 bits per heavy atom. The highest BCUT2D eigenvalue weighted by molar-refractivity contribution is 5.95. The van der Waals surface area contributed by atoms with Gasteiger partial charge in [0.25, 0.3) is 5.91 Å². The number of benzene rings is 1. The van der Waals surface area contributed by atoms with Gasteiger partial charge >= 0.3 is 0 Å². The standard InChI is InChI=1S/C18H21N3O3/c1-12(21-18(22)14-6-7-20-17(11-14)19-2)13-4-5-15-16(10-13)24-9-3-8-23-15/h4-7,10-12H,3,8-9H2,1-2H3,(H,19,20)(H,21,22)/t12-/m1/s1. The van der Waals surface area contributed by atoms with Crippen molar-refractivity contribution < 1.29 is 14.3 Å². The van der Waals surface area contributed by atoms with E-state index in [0.29, 0.717) is 24.6 Å². The van der Waals surface area contributed by atoms with Gasteiger partial charge in [-0.3, -0.25) is 4.79 Å². The first kappa shape index (κ1) is 16.1. The first-order valence-corrected chi connectivity index (χ1v) is 8.01. The molecule has 1 aliphatic rings. The average Bonchev–Trinajstić information content (AvgIpc) is 2.86. The average molecular weight is 327 g/mol. The zero-order valence-corrected chi connectivity index (χ0v) is 13.8. The fraction of sp³-hybridized carbons (Fsp3) is 0.333. The van der Waals surface area contributed by atoms with Crippen LogP contribution in [0.5, 0.6) is 11.5 Å². The molecular formula is C18H21N3O3. The molecule has 0 saturated carbocycles. The molecule has 126 valence electrons. The molecule has 6 heteroatoms. The number of hydrogen-bond acceptors (Lipinski definition) is 5. The molecule has 1 amide bonds. The van der Waals surface area contributed by atoms with Gasteiger partial charge in [-0.25, -0.2) is 4.98 Å². The van der Waals surface area contributed by atoms with Crippen molar-refractivity contribution >= 4 is 11.7 Å². The summed E-state index contributed by atoms with van der Waals surface area (Å²) >= 11 is 0. The van der Waals surface area contributed by atoms with E-state index >= 15 is 0 Å². The summed E-state index contributed by atoms with van der Waals surface area (Å²) in [5.41, 5.74) is 1.53. The van der Waals surface area contributed by atoms with E-state index in [1.54, 1.807) is 25.4 Å². The maximum absolute atomic E-state index is 12.4. The molecule has 2 aromatic rings. The van der Waals surface area contributed by atoms with Gasteiger partial charge in [0, 0.05) is 25.2 Å². The van der Waals surface area contributed by atoms with Crippen molar-refractivity contribution in [2.24, 2.45) is 0 Å². The lowest BCUT2D eigenvalue weighted by Crippen LogP contribution is -2.26. The van der Waals surface area contributed by atoms with Crippen LogP contribution < -0.4 is 20.1 Å². The van der Waals surface area contributed by atoms with Gasteiger partial charge in [0.05, 0.1) is 19.3 Å². The normalized spacial score (nSPS) is 14.4. The lowest BCUT2D eigenvalue weighted by Gasteiger charge is -2.16. The first-order chi connectivity index (χ1) is 11.7. The monoisotopic (exact) mass is 327 g/mol. The van der Waals surface area contributed by atoms with Crippen LogP contribution in [0.25, 0.3) is 0 Å². The summed E-state index contributed by atoms with van der Waals surface area (Å²) in [7, 11) is 1.77. The van der Waals surface area contributed by atoms with Gasteiger partial charge in [-0.05, 0) is 36.8 Å². The van der Waals surface area contributed by atoms with Gasteiger partial charge in [-0.15, -0.1) is 0 Å². The largest absolute Gasteiger partial charge is 0.490 e. The number of aromatic nitrogens is 1. The van der Waals surface area contributed by atoms with Gasteiger partial charge in [0.2, 0.25) is 0 Å². The zero-order valence-electron chi connectivity index (χ0n) is 13.8. The van der Waals surface area contributed by atoms with Crippen LogP contribution in [0, 0.1) is 0 Å². The van der Waals surface area contributed by atoms with Gasteiger partial charge < -0.3 is 20.1 Å². The van der Waals surface area contributed by atoms with E-state index in [-0.39, 0.29) is 11.9 Å². The molecule has 0 bridgehead atoms. The fourth-order valence-corrected chi connectivity index (χ4v) is 2.52. The highest BCUT2D eigenvalue weighted by atomic mass is 16.5. The number of carbonyl (C=O) groups excluding carboxylic acids is 1. The molecule has 1 aliphatic heterocycles. The first-order valence-electron chi connectivity index (χ1n) is 8.01. The zero-order chi connectivity index (χ0) is 16.9. The number of rotatable bonds is 4. The van der Waals surface area contributed by atoms with Crippen molar-refractivity contribution in [1.29, 1.82) is 0 Å². The number of carbonyl (C=O) groups is 1. The summed E-state index contributed by atoms with van der Waals surface area (Å²) in [6.45, 7) is 3.24. The van der Waals surface area contributed by atoms with Crippen LogP contribution in [0.2, 0.25) is 0 Å². The summed E-state index contributed by atoms with van der Waals surface area (Å²) in [5, 5.41) is 5.92. The SMILES string of the molecule is CNc1cc(C(=O)N[C@H](C)c2ccc3c(c2)OCCCO3)ccn1. The summed E-state index contributed by atoms with van der Waals surface area (Å²) in [5.74, 6) is 1.99. The van der Waals surface area contributed by atoms with E-state index in [4.69, 9.17) is 9.47 Å². The molecule has 0 aliphatic carbocycles. The Labute approximate surface area is 141 Å². The van der Waals surface area contributed by atoms with Gasteiger partial charge in [-0.2, -0.15) is 0 Å². The van der Waals surface area contributed by atoms with E-state index in [2.05, 4.69) is 15.6 Å². The molecular weight excluding hydrogens is 306 g/mol. The molecule has 0 saturated heterocycles. The Hall–Kier alpha value is -2.76. The molecule has 3 rings (SSSR count). The minimum Gasteiger partial charge on any atom is -0.490 e. The highest BCUT2D eigenvalue weighted by Gasteiger charge is 2.16. The number of amides is 1. The van der Waals surface area contributed by atoms with Crippen molar-refractivity contribution in [1.82, 2.24) is 10.3 Å². The number of fused-ring (bicyclic) bond motifs is 1. The van der Waals surface area contributed by atoms with Gasteiger partial charge in [0.15, 0.2) is 11.5 Å². The number of nitrogens with zero attached hydrogens (tertiary/aromatic N) is 1. The second-order valence-corrected chi connectivity index (χ2v) is 5.63. The Morgan fingerprint density at radius 1 is 1.17 bits per heavy atom. The quantitative estimate of drug-likeness (QED) is 0.903. The van der Waals surface area contributed by atoms with Crippen molar-refractivity contribution in [2.45, 2.75) is 19.4 Å². The topological polar surface area (TPSA) is 72.5 Å². The molecule has 2 heterocycles. The van der Waals surface area contributed by atoms with Crippen LogP contribution in [0.1, 0.15) is 35.3 Å². The van der Waals surface area contributed by atoms with Crippen LogP contribution in [0.4, 0.5) is 5.82 Å². The smallest absolute Gasteiger partial charge is 0.251 e. The number of pyridine rings is 1. The Balaban J connectivity index is 1.73. The van der Waals surface area contributed by atoms with Crippen molar-refractivity contribution in [2.75, 3.05) is 25.6 Å². The molecule has 0 spiro atoms. The molecule has 0 radical (unpaired) electrons. The molecule has 6 nitrogen and oxygen atoms in total. The number of nitrogens with one attached hydrogen (secondary N) is 2. The minimum absolute atomic E-state index is 0.145. The van der Waals surface area contributed by atoms with Crippen LogP contribution in [-0.4, -0.2) is 31.2 Å². The second-order valence-electron chi connectivity index (χ2n) is 5.63. The van der Waals surface area contributed by atoms with E-state index < -0.39 is 0 Å². The summed E-state index contributed by atoms with van der Waals surface area (Å²) in [4.78, 5) is 16.5. The van der Waals surface area contributed by atoms with Crippen molar-refractivity contribution in [3.8, 4) is 11.5 Å². The number of anilines is 1. The predicted octanol–water partition coefficient (Wildman–Crippen LogP) is 2.78. The third-order valence-corrected chi connectivity index (χ3v) is 3.90. The highest BCUT2D eigenvalue weighted by Crippen LogP contribution is 2.32. The second kappa shape index (κ2) is 7.21. The minimum atomic E-state index is -0.152. The van der Waals surface area contributed by atoms with E-state index in [1.165, 1.54) is 0 Å². The summed E-state index contributed by atoms with van der Waals surface area (Å²) in [6.07, 6.45) is 2.48. The van der Waals surface area contributed by atoms with E-state index in [9.17, 15) is 4.79 Å². The molecule has 2 N–H and O–H groups in total. The van der Waals surface area contributed by atoms with Crippen LogP contribution in [0.3, 0.4) is 0 Å². The number of hydrogen-bond donors (Lipinski definition) is 2. The van der Waals surface area contributed by atoms with Gasteiger partial charge in [-0.1, -0.05) is 6.07 Å². The lowest BCUT2D eigenvalue weighted by molar-refractivity contribution is 0.0939. The van der Waals surface area contributed by atoms with E-state index in [1.807, 2.05) is 25.1 Å². The van der Waals surface area contributed by atoms with Crippen LogP contribution in [-0.2, 0) is 0 Å². The molecule has 1 aromatic heterocycles. The third kappa shape index (κ3) is 3.59.